The highest BCUT2D eigenvalue weighted by atomic mass is 35.5. The van der Waals surface area contributed by atoms with E-state index < -0.39 is 5.82 Å². The summed E-state index contributed by atoms with van der Waals surface area (Å²) in [5, 5.41) is 5.31. The number of fused-ring (bicyclic) bond motifs is 1. The molecular weight excluding hydrogens is 417 g/mol. The minimum absolute atomic E-state index is 0.0692. The fourth-order valence-corrected chi connectivity index (χ4v) is 4.22. The molecule has 1 aromatic carbocycles. The van der Waals surface area contributed by atoms with Gasteiger partial charge < -0.3 is 4.74 Å². The molecule has 31 heavy (non-hydrogen) atoms. The summed E-state index contributed by atoms with van der Waals surface area (Å²) in [6, 6.07) is 8.41. The third kappa shape index (κ3) is 3.91. The van der Waals surface area contributed by atoms with Crippen LogP contribution in [0.4, 0.5) is 4.39 Å². The monoisotopic (exact) mass is 437 g/mol. The summed E-state index contributed by atoms with van der Waals surface area (Å²) in [6.07, 6.45) is 5.23. The second-order valence-electron chi connectivity index (χ2n) is 7.91. The quantitative estimate of drug-likeness (QED) is 0.443. The highest BCUT2D eigenvalue weighted by Crippen LogP contribution is 2.38. The van der Waals surface area contributed by atoms with Crippen LogP contribution in [0.25, 0.3) is 22.3 Å². The van der Waals surface area contributed by atoms with E-state index in [1.54, 1.807) is 16.8 Å². The van der Waals surface area contributed by atoms with Crippen LogP contribution in [-0.4, -0.2) is 31.3 Å². The van der Waals surface area contributed by atoms with Crippen molar-refractivity contribution in [1.82, 2.24) is 24.7 Å². The van der Waals surface area contributed by atoms with Crippen LogP contribution in [0.15, 0.2) is 42.7 Å². The molecule has 0 N–H and O–H groups in total. The summed E-state index contributed by atoms with van der Waals surface area (Å²) >= 11 is 5.97. The Labute approximate surface area is 184 Å². The van der Waals surface area contributed by atoms with Gasteiger partial charge in [0.05, 0.1) is 18.0 Å². The van der Waals surface area contributed by atoms with Gasteiger partial charge in [-0.05, 0) is 50.1 Å². The average molecular weight is 438 g/mol. The third-order valence-corrected chi connectivity index (χ3v) is 5.88. The Balaban J connectivity index is 1.60. The molecule has 0 spiro atoms. The summed E-state index contributed by atoms with van der Waals surface area (Å²) < 4.78 is 22.6. The van der Waals surface area contributed by atoms with Gasteiger partial charge in [-0.1, -0.05) is 11.6 Å². The maximum Gasteiger partial charge on any atom is 0.163 e. The lowest BCUT2D eigenvalue weighted by Gasteiger charge is -2.28. The zero-order chi connectivity index (χ0) is 21.5. The zero-order valence-electron chi connectivity index (χ0n) is 17.2. The fraction of sp³-hybridized carbons (Fsp3) is 0.304. The predicted molar refractivity (Wildman–Crippen MR) is 116 cm³/mol. The largest absolute Gasteiger partial charge is 0.373 e. The predicted octanol–water partition coefficient (Wildman–Crippen LogP) is 5.16. The average Bonchev–Trinajstić information content (AvgIpc) is 3.19. The number of aromatic nitrogens is 5. The van der Waals surface area contributed by atoms with Gasteiger partial charge in [-0.2, -0.15) is 5.10 Å². The molecule has 5 rings (SSSR count). The van der Waals surface area contributed by atoms with Crippen LogP contribution in [0.1, 0.15) is 41.9 Å². The molecule has 1 aliphatic rings. The number of nitrogens with zero attached hydrogens (tertiary/aromatic N) is 5. The van der Waals surface area contributed by atoms with Crippen LogP contribution in [0.5, 0.6) is 0 Å². The molecule has 2 atom stereocenters. The first-order valence-corrected chi connectivity index (χ1v) is 10.6. The van der Waals surface area contributed by atoms with Crippen LogP contribution in [-0.2, 0) is 11.8 Å². The molecule has 0 unspecified atom stereocenters. The minimum atomic E-state index is -0.417. The van der Waals surface area contributed by atoms with Gasteiger partial charge in [0.1, 0.15) is 11.6 Å². The second-order valence-corrected chi connectivity index (χ2v) is 8.34. The van der Waals surface area contributed by atoms with Crippen molar-refractivity contribution in [2.45, 2.75) is 31.8 Å². The molecule has 0 saturated carbocycles. The van der Waals surface area contributed by atoms with E-state index in [1.165, 1.54) is 6.07 Å². The van der Waals surface area contributed by atoms with Gasteiger partial charge in [0, 0.05) is 53.0 Å². The highest BCUT2D eigenvalue weighted by molar-refractivity contribution is 6.30. The molecule has 0 bridgehead atoms. The molecule has 0 aliphatic carbocycles. The minimum Gasteiger partial charge on any atom is -0.373 e. The van der Waals surface area contributed by atoms with Crippen molar-refractivity contribution >= 4 is 22.6 Å². The molecule has 8 heteroatoms. The van der Waals surface area contributed by atoms with Crippen LogP contribution in [0.2, 0.25) is 5.02 Å². The Hall–Kier alpha value is -2.90. The number of hydrogen-bond acceptors (Lipinski definition) is 5. The molecule has 4 heterocycles. The number of rotatable bonds is 3. The number of benzene rings is 1. The first-order valence-electron chi connectivity index (χ1n) is 10.2. The van der Waals surface area contributed by atoms with E-state index in [1.807, 2.05) is 38.5 Å². The molecule has 0 amide bonds. The van der Waals surface area contributed by atoms with Gasteiger partial charge >= 0.3 is 0 Å². The molecule has 3 aromatic heterocycles. The van der Waals surface area contributed by atoms with E-state index in [2.05, 4.69) is 10.1 Å². The number of ether oxygens (including phenoxy) is 1. The summed E-state index contributed by atoms with van der Waals surface area (Å²) in [6.45, 7) is 2.51. The third-order valence-electron chi connectivity index (χ3n) is 5.65. The van der Waals surface area contributed by atoms with Crippen LogP contribution in [0.3, 0.4) is 0 Å². The number of aryl methyl sites for hydroxylation is 2. The fourth-order valence-electron chi connectivity index (χ4n) is 4.06. The Morgan fingerprint density at radius 3 is 2.81 bits per heavy atom. The van der Waals surface area contributed by atoms with Crippen molar-refractivity contribution in [3.05, 3.63) is 70.6 Å². The van der Waals surface area contributed by atoms with Gasteiger partial charge in [-0.15, -0.1) is 0 Å². The SMILES string of the molecule is Cc1ccc2c(-c3ccc(Cl)cc3F)nc([C@@H]3CCO[C@H](c4cnn(C)c4)C3)nc2n1. The number of hydrogen-bond donors (Lipinski definition) is 0. The molecule has 4 aromatic rings. The molecule has 1 saturated heterocycles. The van der Waals surface area contributed by atoms with E-state index in [-0.39, 0.29) is 12.0 Å². The van der Waals surface area contributed by atoms with E-state index in [4.69, 9.17) is 26.3 Å². The van der Waals surface area contributed by atoms with Crippen molar-refractivity contribution in [2.75, 3.05) is 6.61 Å². The molecule has 1 fully saturated rings. The lowest BCUT2D eigenvalue weighted by molar-refractivity contribution is 0.00398. The van der Waals surface area contributed by atoms with Crippen molar-refractivity contribution in [3.8, 4) is 11.3 Å². The summed E-state index contributed by atoms with van der Waals surface area (Å²) in [5.41, 5.74) is 3.37. The number of halogens is 2. The first kappa shape index (κ1) is 20.0. The lowest BCUT2D eigenvalue weighted by Crippen LogP contribution is -2.20. The molecular formula is C23H21ClFN5O. The Kier molecular flexibility index (Phi) is 5.16. The smallest absolute Gasteiger partial charge is 0.163 e. The van der Waals surface area contributed by atoms with Gasteiger partial charge in [0.15, 0.2) is 5.65 Å². The van der Waals surface area contributed by atoms with E-state index >= 15 is 0 Å². The van der Waals surface area contributed by atoms with Gasteiger partial charge in [0.2, 0.25) is 0 Å². The Bertz CT molecular complexity index is 1270. The molecule has 6 nitrogen and oxygen atoms in total. The van der Waals surface area contributed by atoms with Crippen LogP contribution < -0.4 is 0 Å². The molecule has 0 radical (unpaired) electrons. The normalized spacial score (nSPS) is 19.1. The highest BCUT2D eigenvalue weighted by Gasteiger charge is 2.29. The maximum absolute atomic E-state index is 14.8. The van der Waals surface area contributed by atoms with Crippen molar-refractivity contribution in [1.29, 1.82) is 0 Å². The van der Waals surface area contributed by atoms with E-state index in [9.17, 15) is 4.39 Å². The number of pyridine rings is 1. The summed E-state index contributed by atoms with van der Waals surface area (Å²) in [5.74, 6) is 0.311. The standard InChI is InChI=1S/C23H21ClFN5O/c1-13-3-5-18-21(17-6-4-16(24)10-19(17)25)28-22(29-23(18)27-13)14-7-8-31-20(9-14)15-11-26-30(2)12-15/h3-6,10-12,14,20H,7-9H2,1-2H3/t14-,20+/m1/s1. The maximum atomic E-state index is 14.8. The van der Waals surface area contributed by atoms with Gasteiger partial charge in [0.25, 0.3) is 0 Å². The van der Waals surface area contributed by atoms with Gasteiger partial charge in [-0.25, -0.2) is 19.3 Å². The van der Waals surface area contributed by atoms with Crippen molar-refractivity contribution in [2.24, 2.45) is 7.05 Å². The van der Waals surface area contributed by atoms with Crippen molar-refractivity contribution in [3.63, 3.8) is 0 Å². The van der Waals surface area contributed by atoms with E-state index in [0.717, 1.165) is 24.1 Å². The topological polar surface area (TPSA) is 65.7 Å². The molecule has 1 aliphatic heterocycles. The van der Waals surface area contributed by atoms with Crippen molar-refractivity contribution < 1.29 is 9.13 Å². The zero-order valence-corrected chi connectivity index (χ0v) is 18.0. The Morgan fingerprint density at radius 2 is 2.03 bits per heavy atom. The second kappa shape index (κ2) is 7.98. The van der Waals surface area contributed by atoms with Gasteiger partial charge in [-0.3, -0.25) is 4.68 Å². The van der Waals surface area contributed by atoms with E-state index in [0.29, 0.717) is 39.7 Å². The Morgan fingerprint density at radius 1 is 1.16 bits per heavy atom. The van der Waals surface area contributed by atoms with Crippen LogP contribution >= 0.6 is 11.6 Å². The van der Waals surface area contributed by atoms with Crippen LogP contribution in [0, 0.1) is 12.7 Å². The lowest BCUT2D eigenvalue weighted by atomic mass is 9.92. The summed E-state index contributed by atoms with van der Waals surface area (Å²) in [4.78, 5) is 14.2. The summed E-state index contributed by atoms with van der Waals surface area (Å²) in [7, 11) is 1.89. The first-order chi connectivity index (χ1) is 15.0. The molecule has 158 valence electrons.